The average molecular weight is 502 g/mol. The first kappa shape index (κ1) is 22.4. The molecule has 0 saturated heterocycles. The second kappa shape index (κ2) is 9.01. The molecule has 3 N–H and O–H groups in total. The first-order chi connectivity index (χ1) is 14.8. The number of nitrogens with zero attached hydrogens (tertiary/aromatic N) is 2. The zero-order chi connectivity index (χ0) is 22.2. The Morgan fingerprint density at radius 1 is 1.26 bits per heavy atom. The highest BCUT2D eigenvalue weighted by Crippen LogP contribution is 2.44. The average Bonchev–Trinajstić information content (AvgIpc) is 3.42. The highest BCUT2D eigenvalue weighted by atomic mass is 35.5. The van der Waals surface area contributed by atoms with Crippen LogP contribution in [0.3, 0.4) is 0 Å². The van der Waals surface area contributed by atoms with Crippen LogP contribution in [0.5, 0.6) is 0 Å². The molecule has 1 aromatic heterocycles. The minimum Gasteiger partial charge on any atom is -0.366 e. The third kappa shape index (κ3) is 5.02. The zero-order valence-corrected chi connectivity index (χ0v) is 19.8. The molecule has 2 aliphatic rings. The molecule has 0 radical (unpaired) electrons. The lowest BCUT2D eigenvalue weighted by atomic mass is 10.1. The fourth-order valence-electron chi connectivity index (χ4n) is 3.19. The maximum Gasteiger partial charge on any atom is 0.234 e. The topological polar surface area (TPSA) is 113 Å². The van der Waals surface area contributed by atoms with Gasteiger partial charge in [0, 0.05) is 11.8 Å². The largest absolute Gasteiger partial charge is 0.366 e. The molecule has 1 saturated carbocycles. The van der Waals surface area contributed by atoms with Gasteiger partial charge in [0.05, 0.1) is 43.7 Å². The van der Waals surface area contributed by atoms with Gasteiger partial charge in [-0.1, -0.05) is 30.1 Å². The van der Waals surface area contributed by atoms with Crippen LogP contribution in [0.25, 0.3) is 0 Å². The number of thioether (sulfide) groups is 1. The molecule has 8 nitrogen and oxygen atoms in total. The first-order valence-corrected chi connectivity index (χ1v) is 13.2. The van der Waals surface area contributed by atoms with Crippen molar-refractivity contribution in [1.82, 2.24) is 9.97 Å². The van der Waals surface area contributed by atoms with Crippen LogP contribution in [0, 0.1) is 0 Å². The van der Waals surface area contributed by atoms with E-state index in [2.05, 4.69) is 25.3 Å². The van der Waals surface area contributed by atoms with Gasteiger partial charge in [0.15, 0.2) is 0 Å². The Balaban J connectivity index is 1.55. The standard InChI is InChI=1S/C19H21Cl2N5O3S2/c1-2-7-31(28,29)26-13-6-5-12(20)16(14(13)21)25-19(27)11-8-30-17-15(11)22-9-23-18(17)24-10-3-4-10/h5-6,9-11,26H,2-4,7-8H2,1H3,(H,25,27)(H,22,23,24). The third-order valence-corrected chi connectivity index (χ3v) is 8.24. The fourth-order valence-corrected chi connectivity index (χ4v) is 6.14. The summed E-state index contributed by atoms with van der Waals surface area (Å²) in [5, 5.41) is 6.37. The molecule has 2 heterocycles. The molecule has 31 heavy (non-hydrogen) atoms. The van der Waals surface area contributed by atoms with E-state index in [1.807, 2.05) is 0 Å². The maximum absolute atomic E-state index is 13.1. The fraction of sp³-hybridized carbons (Fsp3) is 0.421. The molecule has 1 unspecified atom stereocenters. The van der Waals surface area contributed by atoms with Gasteiger partial charge >= 0.3 is 0 Å². The van der Waals surface area contributed by atoms with Gasteiger partial charge in [-0.2, -0.15) is 0 Å². The van der Waals surface area contributed by atoms with E-state index in [4.69, 9.17) is 23.2 Å². The number of nitrogens with one attached hydrogen (secondary N) is 3. The van der Waals surface area contributed by atoms with Crippen molar-refractivity contribution in [2.45, 2.75) is 43.0 Å². The number of hydrogen-bond donors (Lipinski definition) is 3. The zero-order valence-electron chi connectivity index (χ0n) is 16.6. The van der Waals surface area contributed by atoms with Gasteiger partial charge in [-0.15, -0.1) is 11.8 Å². The summed E-state index contributed by atoms with van der Waals surface area (Å²) in [4.78, 5) is 22.6. The van der Waals surface area contributed by atoms with Gasteiger partial charge in [0.25, 0.3) is 0 Å². The number of carbonyl (C=O) groups is 1. The third-order valence-electron chi connectivity index (χ3n) is 4.87. The maximum atomic E-state index is 13.1. The van der Waals surface area contributed by atoms with E-state index >= 15 is 0 Å². The SMILES string of the molecule is CCCS(=O)(=O)Nc1ccc(Cl)c(NC(=O)C2CSc3c(NC4CC4)ncnc32)c1Cl. The lowest BCUT2D eigenvalue weighted by Crippen LogP contribution is -2.23. The Labute approximate surface area is 195 Å². The lowest BCUT2D eigenvalue weighted by molar-refractivity contribution is -0.117. The number of benzene rings is 1. The van der Waals surface area contributed by atoms with E-state index < -0.39 is 15.9 Å². The van der Waals surface area contributed by atoms with Crippen molar-refractivity contribution in [3.8, 4) is 0 Å². The summed E-state index contributed by atoms with van der Waals surface area (Å²) in [5.41, 5.74) is 0.982. The second-order valence-electron chi connectivity index (χ2n) is 7.41. The summed E-state index contributed by atoms with van der Waals surface area (Å²) >= 11 is 14.2. The number of carbonyl (C=O) groups excluding carboxylic acids is 1. The van der Waals surface area contributed by atoms with Crippen molar-refractivity contribution >= 4 is 68.1 Å². The van der Waals surface area contributed by atoms with Crippen LogP contribution in [-0.2, 0) is 14.8 Å². The summed E-state index contributed by atoms with van der Waals surface area (Å²) in [6, 6.07) is 3.39. The number of anilines is 3. The number of aromatic nitrogens is 2. The van der Waals surface area contributed by atoms with Crippen molar-refractivity contribution in [3.05, 3.63) is 34.2 Å². The Morgan fingerprint density at radius 3 is 2.74 bits per heavy atom. The van der Waals surface area contributed by atoms with E-state index in [0.717, 1.165) is 23.6 Å². The molecule has 0 spiro atoms. The van der Waals surface area contributed by atoms with Gasteiger partial charge in [-0.3, -0.25) is 9.52 Å². The molecule has 0 bridgehead atoms. The predicted molar refractivity (Wildman–Crippen MR) is 125 cm³/mol. The van der Waals surface area contributed by atoms with Crippen LogP contribution in [0.4, 0.5) is 17.2 Å². The molecular formula is C19H21Cl2N5O3S2. The minimum absolute atomic E-state index is 0.0326. The normalized spacial score (nSPS) is 17.8. The summed E-state index contributed by atoms with van der Waals surface area (Å²) in [6.45, 7) is 1.76. The highest BCUT2D eigenvalue weighted by Gasteiger charge is 2.35. The molecule has 1 fully saturated rings. The van der Waals surface area contributed by atoms with E-state index in [1.165, 1.54) is 30.2 Å². The number of sulfonamides is 1. The quantitative estimate of drug-likeness (QED) is 0.492. The van der Waals surface area contributed by atoms with Crippen molar-refractivity contribution in [1.29, 1.82) is 0 Å². The van der Waals surface area contributed by atoms with Crippen LogP contribution < -0.4 is 15.4 Å². The van der Waals surface area contributed by atoms with Gasteiger partial charge < -0.3 is 10.6 Å². The molecule has 4 rings (SSSR count). The number of hydrogen-bond acceptors (Lipinski definition) is 7. The Bertz CT molecular complexity index is 1130. The van der Waals surface area contributed by atoms with Crippen molar-refractivity contribution < 1.29 is 13.2 Å². The smallest absolute Gasteiger partial charge is 0.234 e. The van der Waals surface area contributed by atoms with Crippen molar-refractivity contribution in [3.63, 3.8) is 0 Å². The number of halogens is 2. The summed E-state index contributed by atoms with van der Waals surface area (Å²) < 4.78 is 26.7. The Hall–Kier alpha value is -1.75. The van der Waals surface area contributed by atoms with Crippen molar-refractivity contribution in [2.24, 2.45) is 0 Å². The van der Waals surface area contributed by atoms with Crippen LogP contribution >= 0.6 is 35.0 Å². The van der Waals surface area contributed by atoms with Gasteiger partial charge in [0.1, 0.15) is 12.1 Å². The summed E-state index contributed by atoms with van der Waals surface area (Å²) in [6.07, 6.45) is 4.15. The van der Waals surface area contributed by atoms with E-state index in [1.54, 1.807) is 6.92 Å². The Morgan fingerprint density at radius 2 is 2.03 bits per heavy atom. The van der Waals surface area contributed by atoms with E-state index in [0.29, 0.717) is 23.9 Å². The molecule has 1 aromatic carbocycles. The predicted octanol–water partition coefficient (Wildman–Crippen LogP) is 4.34. The number of rotatable bonds is 8. The monoisotopic (exact) mass is 501 g/mol. The van der Waals surface area contributed by atoms with Crippen LogP contribution in [-0.4, -0.2) is 41.8 Å². The summed E-state index contributed by atoms with van der Waals surface area (Å²) in [5.74, 6) is 0.406. The van der Waals surface area contributed by atoms with Gasteiger partial charge in [-0.25, -0.2) is 18.4 Å². The highest BCUT2D eigenvalue weighted by molar-refractivity contribution is 7.99. The van der Waals surface area contributed by atoms with Gasteiger partial charge in [-0.05, 0) is 31.4 Å². The molecular weight excluding hydrogens is 481 g/mol. The van der Waals surface area contributed by atoms with Crippen LogP contribution in [0.2, 0.25) is 10.0 Å². The molecule has 1 aliphatic heterocycles. The van der Waals surface area contributed by atoms with Crippen molar-refractivity contribution in [2.75, 3.05) is 26.9 Å². The molecule has 12 heteroatoms. The van der Waals surface area contributed by atoms with E-state index in [9.17, 15) is 13.2 Å². The first-order valence-electron chi connectivity index (χ1n) is 9.82. The number of fused-ring (bicyclic) bond motifs is 1. The molecule has 1 amide bonds. The van der Waals surface area contributed by atoms with Crippen LogP contribution in [0.15, 0.2) is 23.4 Å². The second-order valence-corrected chi connectivity index (χ2v) is 11.1. The molecule has 1 atom stereocenters. The Kier molecular flexibility index (Phi) is 6.52. The molecule has 2 aromatic rings. The summed E-state index contributed by atoms with van der Waals surface area (Å²) in [7, 11) is -3.55. The number of amides is 1. The van der Waals surface area contributed by atoms with Gasteiger partial charge in [0.2, 0.25) is 15.9 Å². The van der Waals surface area contributed by atoms with Crippen LogP contribution in [0.1, 0.15) is 37.8 Å². The minimum atomic E-state index is -3.55. The molecule has 166 valence electrons. The van der Waals surface area contributed by atoms with E-state index in [-0.39, 0.29) is 33.1 Å². The lowest BCUT2D eigenvalue weighted by Gasteiger charge is -2.16. The molecule has 1 aliphatic carbocycles.